The van der Waals surface area contributed by atoms with Crippen molar-refractivity contribution in [3.63, 3.8) is 0 Å². The fourth-order valence-corrected chi connectivity index (χ4v) is 1.85. The topological polar surface area (TPSA) is 45.1 Å². The van der Waals surface area contributed by atoms with Crippen molar-refractivity contribution in [3.05, 3.63) is 23.5 Å². The summed E-state index contributed by atoms with van der Waals surface area (Å²) < 4.78 is 52.2. The van der Waals surface area contributed by atoms with Crippen molar-refractivity contribution in [1.82, 2.24) is 4.98 Å². The lowest BCUT2D eigenvalue weighted by Crippen LogP contribution is -2.19. The normalized spacial score (nSPS) is 16.7. The molecule has 1 aliphatic carbocycles. The van der Waals surface area contributed by atoms with Gasteiger partial charge in [0.2, 0.25) is 11.6 Å². The first-order valence-corrected chi connectivity index (χ1v) is 5.54. The number of hydrogen-bond acceptors (Lipinski definition) is 3. The molecule has 0 bridgehead atoms. The molecule has 1 heterocycles. The highest BCUT2D eigenvalue weighted by molar-refractivity contribution is 5.45. The van der Waals surface area contributed by atoms with Gasteiger partial charge in [0.05, 0.1) is 0 Å². The van der Waals surface area contributed by atoms with Crippen LogP contribution in [0.1, 0.15) is 19.3 Å². The molecule has 0 saturated heterocycles. The van der Waals surface area contributed by atoms with Gasteiger partial charge in [-0.1, -0.05) is 0 Å². The zero-order valence-electron chi connectivity index (χ0n) is 9.44. The van der Waals surface area contributed by atoms with Gasteiger partial charge < -0.3 is 10.4 Å². The summed E-state index contributed by atoms with van der Waals surface area (Å²) in [6, 6.07) is 0. The Labute approximate surface area is 101 Å². The number of halogens is 4. The maximum absolute atomic E-state index is 13.3. The van der Waals surface area contributed by atoms with Crippen molar-refractivity contribution in [3.8, 4) is 0 Å². The summed E-state index contributed by atoms with van der Waals surface area (Å²) >= 11 is 0. The van der Waals surface area contributed by atoms with Crippen LogP contribution in [0.3, 0.4) is 0 Å². The molecular formula is C11H12F4N2O. The molecule has 100 valence electrons. The molecule has 18 heavy (non-hydrogen) atoms. The van der Waals surface area contributed by atoms with E-state index < -0.39 is 29.2 Å². The van der Waals surface area contributed by atoms with Gasteiger partial charge in [-0.05, 0) is 24.7 Å². The van der Waals surface area contributed by atoms with Crippen molar-refractivity contribution in [2.24, 2.45) is 5.41 Å². The number of rotatable bonds is 5. The molecule has 1 aromatic rings. The number of aromatic nitrogens is 1. The standard InChI is InChI=1S/C11H12F4N2O/c12-6-8(7(13)10(15)17-9(6)14)16-5-11(1-2-11)3-4-18/h18H,1-5H2,(H,16,17). The van der Waals surface area contributed by atoms with Crippen LogP contribution in [0, 0.1) is 28.9 Å². The van der Waals surface area contributed by atoms with E-state index in [0.29, 0.717) is 6.42 Å². The van der Waals surface area contributed by atoms with Gasteiger partial charge in [0.1, 0.15) is 5.69 Å². The molecule has 7 heteroatoms. The Balaban J connectivity index is 2.14. The average Bonchev–Trinajstić information content (AvgIpc) is 3.07. The van der Waals surface area contributed by atoms with Crippen LogP contribution in [0.2, 0.25) is 0 Å². The zero-order valence-corrected chi connectivity index (χ0v) is 9.44. The van der Waals surface area contributed by atoms with Crippen molar-refractivity contribution < 1.29 is 22.7 Å². The summed E-state index contributed by atoms with van der Waals surface area (Å²) in [4.78, 5) is 2.47. The molecular weight excluding hydrogens is 252 g/mol. The Morgan fingerprint density at radius 2 is 1.67 bits per heavy atom. The maximum Gasteiger partial charge on any atom is 0.253 e. The molecule has 2 N–H and O–H groups in total. The maximum atomic E-state index is 13.3. The molecule has 1 fully saturated rings. The van der Waals surface area contributed by atoms with Gasteiger partial charge in [-0.25, -0.2) is 0 Å². The molecule has 3 nitrogen and oxygen atoms in total. The van der Waals surface area contributed by atoms with Crippen molar-refractivity contribution in [2.45, 2.75) is 19.3 Å². The van der Waals surface area contributed by atoms with E-state index in [9.17, 15) is 17.6 Å². The number of hydrogen-bond donors (Lipinski definition) is 2. The summed E-state index contributed by atoms with van der Waals surface area (Å²) in [6.07, 6.45) is 2.10. The van der Waals surface area contributed by atoms with Crippen LogP contribution in [-0.2, 0) is 0 Å². The lowest BCUT2D eigenvalue weighted by atomic mass is 10.0. The molecule has 0 atom stereocenters. The van der Waals surface area contributed by atoms with Crippen molar-refractivity contribution in [1.29, 1.82) is 0 Å². The second-order valence-corrected chi connectivity index (χ2v) is 4.52. The zero-order chi connectivity index (χ0) is 13.3. The van der Waals surface area contributed by atoms with Gasteiger partial charge in [0, 0.05) is 13.2 Å². The third-order valence-electron chi connectivity index (χ3n) is 3.24. The Morgan fingerprint density at radius 3 is 2.11 bits per heavy atom. The second-order valence-electron chi connectivity index (χ2n) is 4.52. The quantitative estimate of drug-likeness (QED) is 0.633. The van der Waals surface area contributed by atoms with Crippen molar-refractivity contribution >= 4 is 5.69 Å². The minimum atomic E-state index is -1.68. The van der Waals surface area contributed by atoms with Crippen LogP contribution in [0.4, 0.5) is 23.2 Å². The largest absolute Gasteiger partial charge is 0.396 e. The van der Waals surface area contributed by atoms with Gasteiger partial charge in [0.15, 0.2) is 0 Å². The number of pyridine rings is 1. The minimum Gasteiger partial charge on any atom is -0.396 e. The van der Waals surface area contributed by atoms with Gasteiger partial charge in [0.25, 0.3) is 11.9 Å². The third kappa shape index (κ3) is 2.40. The van der Waals surface area contributed by atoms with E-state index in [-0.39, 0.29) is 18.6 Å². The van der Waals surface area contributed by atoms with Gasteiger partial charge in [-0.15, -0.1) is 0 Å². The predicted octanol–water partition coefficient (Wildman–Crippen LogP) is 2.21. The van der Waals surface area contributed by atoms with Crippen LogP contribution in [-0.4, -0.2) is 23.2 Å². The number of nitrogens with one attached hydrogen (secondary N) is 1. The van der Waals surface area contributed by atoms with Crippen LogP contribution >= 0.6 is 0 Å². The fraction of sp³-hybridized carbons (Fsp3) is 0.545. The Hall–Kier alpha value is -1.37. The molecule has 0 amide bonds. The van der Waals surface area contributed by atoms with Crippen LogP contribution in [0.5, 0.6) is 0 Å². The first kappa shape index (κ1) is 13.1. The van der Waals surface area contributed by atoms with E-state index in [1.165, 1.54) is 0 Å². The summed E-state index contributed by atoms with van der Waals surface area (Å²) in [5, 5.41) is 11.2. The molecule has 1 saturated carbocycles. The molecule has 0 unspecified atom stereocenters. The number of aliphatic hydroxyl groups excluding tert-OH is 1. The highest BCUT2D eigenvalue weighted by atomic mass is 19.2. The lowest BCUT2D eigenvalue weighted by molar-refractivity contribution is 0.253. The number of aliphatic hydroxyl groups is 1. The third-order valence-corrected chi connectivity index (χ3v) is 3.24. The van der Waals surface area contributed by atoms with Crippen LogP contribution in [0.25, 0.3) is 0 Å². The number of anilines is 1. The van der Waals surface area contributed by atoms with E-state index >= 15 is 0 Å². The smallest absolute Gasteiger partial charge is 0.253 e. The van der Waals surface area contributed by atoms with Gasteiger partial charge >= 0.3 is 0 Å². The molecule has 0 aliphatic heterocycles. The summed E-state index contributed by atoms with van der Waals surface area (Å²) in [7, 11) is 0. The Bertz CT molecular complexity index is 437. The van der Waals surface area contributed by atoms with E-state index in [0.717, 1.165) is 12.8 Å². The van der Waals surface area contributed by atoms with Gasteiger partial charge in [-0.3, -0.25) is 0 Å². The van der Waals surface area contributed by atoms with Gasteiger partial charge in [-0.2, -0.15) is 22.5 Å². The predicted molar refractivity (Wildman–Crippen MR) is 55.9 cm³/mol. The highest BCUT2D eigenvalue weighted by Crippen LogP contribution is 2.48. The Kier molecular flexibility index (Phi) is 3.43. The first-order valence-electron chi connectivity index (χ1n) is 5.54. The summed E-state index contributed by atoms with van der Waals surface area (Å²) in [6.45, 7) is 0.121. The monoisotopic (exact) mass is 264 g/mol. The highest BCUT2D eigenvalue weighted by Gasteiger charge is 2.42. The minimum absolute atomic E-state index is 0.0360. The van der Waals surface area contributed by atoms with Crippen LogP contribution < -0.4 is 5.32 Å². The second kappa shape index (κ2) is 4.72. The summed E-state index contributed by atoms with van der Waals surface area (Å²) in [5.41, 5.74) is -1.08. The van der Waals surface area contributed by atoms with E-state index in [4.69, 9.17) is 5.11 Å². The molecule has 2 rings (SSSR count). The van der Waals surface area contributed by atoms with E-state index in [1.54, 1.807) is 0 Å². The SMILES string of the molecule is OCCC1(CNc2c(F)c(F)nc(F)c2F)CC1. The first-order chi connectivity index (χ1) is 8.49. The van der Waals surface area contributed by atoms with E-state index in [2.05, 4.69) is 10.3 Å². The Morgan fingerprint density at radius 1 is 1.11 bits per heavy atom. The average molecular weight is 264 g/mol. The summed E-state index contributed by atoms with van der Waals surface area (Å²) in [5.74, 6) is -6.42. The van der Waals surface area contributed by atoms with E-state index in [1.807, 2.05) is 0 Å². The number of nitrogens with zero attached hydrogens (tertiary/aromatic N) is 1. The molecule has 0 spiro atoms. The van der Waals surface area contributed by atoms with Crippen LogP contribution in [0.15, 0.2) is 0 Å². The van der Waals surface area contributed by atoms with Crippen molar-refractivity contribution in [2.75, 3.05) is 18.5 Å². The molecule has 0 radical (unpaired) electrons. The lowest BCUT2D eigenvalue weighted by Gasteiger charge is -2.16. The fourth-order valence-electron chi connectivity index (χ4n) is 1.85. The molecule has 1 aliphatic rings. The molecule has 1 aromatic heterocycles. The molecule has 0 aromatic carbocycles.